The van der Waals surface area contributed by atoms with E-state index in [4.69, 9.17) is 33.0 Å². The van der Waals surface area contributed by atoms with Crippen LogP contribution in [0, 0.1) is 27.7 Å². The van der Waals surface area contributed by atoms with Crippen LogP contribution in [0.1, 0.15) is 58.0 Å². The molecule has 52 heavy (non-hydrogen) atoms. The lowest BCUT2D eigenvalue weighted by molar-refractivity contribution is 0.0957. The second kappa shape index (κ2) is 12.9. The smallest absolute Gasteiger partial charge is 0.275 e. The van der Waals surface area contributed by atoms with E-state index in [1.807, 2.05) is 81.0 Å². The molecule has 0 aliphatic carbocycles. The summed E-state index contributed by atoms with van der Waals surface area (Å²) in [5, 5.41) is 12.6. The second-order valence-corrected chi connectivity index (χ2v) is 14.7. The highest BCUT2D eigenvalue weighted by Crippen LogP contribution is 2.45. The van der Waals surface area contributed by atoms with E-state index in [9.17, 15) is 0 Å². The van der Waals surface area contributed by atoms with Crippen LogP contribution < -0.4 is 9.64 Å². The molecular formula is C40H40Cl2N8O2. The number of aromatic amines is 1. The number of hydrogen-bond acceptors (Lipinski definition) is 5. The molecule has 0 bridgehead atoms. The third-order valence-electron chi connectivity index (χ3n) is 10.4. The van der Waals surface area contributed by atoms with Gasteiger partial charge in [-0.05, 0) is 101 Å². The molecule has 10 nitrogen and oxygen atoms in total. The molecule has 0 fully saturated rings. The number of anilines is 1. The third kappa shape index (κ3) is 5.47. The lowest BCUT2D eigenvalue weighted by atomic mass is 9.98. The maximum Gasteiger partial charge on any atom is 0.275 e. The van der Waals surface area contributed by atoms with E-state index < -0.39 is 0 Å². The fraction of sp³-hybridized carbons (Fsp3) is 0.300. The van der Waals surface area contributed by atoms with Gasteiger partial charge in [-0.15, -0.1) is 0 Å². The predicted octanol–water partition coefficient (Wildman–Crippen LogP) is 9.09. The Morgan fingerprint density at radius 1 is 0.962 bits per heavy atom. The van der Waals surface area contributed by atoms with E-state index >= 15 is 4.79 Å². The van der Waals surface area contributed by atoms with Gasteiger partial charge in [0.1, 0.15) is 17.8 Å². The molecule has 0 radical (unpaired) electrons. The molecular weight excluding hydrogens is 695 g/mol. The Kier molecular flexibility index (Phi) is 8.42. The number of hydrogen-bond donors (Lipinski definition) is 1. The summed E-state index contributed by atoms with van der Waals surface area (Å²) in [6.07, 6.45) is 4.94. The van der Waals surface area contributed by atoms with Gasteiger partial charge in [-0.2, -0.15) is 10.2 Å². The minimum Gasteiger partial charge on any atom is -0.494 e. The first-order valence-electron chi connectivity index (χ1n) is 17.5. The molecule has 266 valence electrons. The van der Waals surface area contributed by atoms with E-state index in [0.717, 1.165) is 83.0 Å². The van der Waals surface area contributed by atoms with Gasteiger partial charge in [0.05, 0.1) is 28.5 Å². The summed E-state index contributed by atoms with van der Waals surface area (Å²) < 4.78 is 12.0. The van der Waals surface area contributed by atoms with Crippen molar-refractivity contribution in [2.45, 2.75) is 53.5 Å². The van der Waals surface area contributed by atoms with Crippen molar-refractivity contribution in [3.05, 3.63) is 98.8 Å². The summed E-state index contributed by atoms with van der Waals surface area (Å²) in [6.45, 7) is 11.2. The number of H-pyrrole nitrogens is 1. The zero-order chi connectivity index (χ0) is 36.6. The highest BCUT2D eigenvalue weighted by molar-refractivity contribution is 6.35. The van der Waals surface area contributed by atoms with Crippen molar-refractivity contribution in [2.24, 2.45) is 14.1 Å². The summed E-state index contributed by atoms with van der Waals surface area (Å²) in [4.78, 5) is 24.8. The molecule has 12 heteroatoms. The first-order valence-corrected chi connectivity index (χ1v) is 18.2. The van der Waals surface area contributed by atoms with Gasteiger partial charge in [-0.3, -0.25) is 14.2 Å². The van der Waals surface area contributed by atoms with Crippen molar-refractivity contribution in [1.29, 1.82) is 0 Å². The van der Waals surface area contributed by atoms with Crippen molar-refractivity contribution in [2.75, 3.05) is 18.1 Å². The fourth-order valence-electron chi connectivity index (χ4n) is 7.88. The Morgan fingerprint density at radius 3 is 2.42 bits per heavy atom. The van der Waals surface area contributed by atoms with Crippen LogP contribution >= 0.6 is 23.2 Å². The Balaban J connectivity index is 1.25. The van der Waals surface area contributed by atoms with Gasteiger partial charge < -0.3 is 19.2 Å². The molecule has 1 N–H and O–H groups in total. The molecule has 0 saturated carbocycles. The van der Waals surface area contributed by atoms with Crippen molar-refractivity contribution < 1.29 is 9.53 Å². The monoisotopic (exact) mass is 734 g/mol. The standard InChI is InChI=1S/C40H40Cl2N8O2/c1-21-15-27(16-22(2)36(21)42)52-14-8-9-28-29-11-12-31(41)35(34-24(4)45-48(7)25(34)5)37(29)50-23(3)19-49(40(51)38(28)50)33-18-43-32-13-10-26(17-30(32)33)39-44-20-47(6)46-39/h10-13,15-18,20,23,43H,8-9,14,19H2,1-7H3. The van der Waals surface area contributed by atoms with Crippen LogP contribution in [-0.2, 0) is 20.5 Å². The Bertz CT molecular complexity index is 2530. The normalized spacial score (nSPS) is 14.6. The molecule has 1 unspecified atom stereocenters. The maximum atomic E-state index is 15.1. The minimum atomic E-state index is -0.0692. The lowest BCUT2D eigenvalue weighted by Crippen LogP contribution is -2.42. The Morgan fingerprint density at radius 2 is 1.73 bits per heavy atom. The average molecular weight is 736 g/mol. The zero-order valence-electron chi connectivity index (χ0n) is 30.3. The maximum absolute atomic E-state index is 15.1. The molecule has 1 amide bonds. The number of aromatic nitrogens is 7. The number of fused-ring (bicyclic) bond motifs is 4. The number of carbonyl (C=O) groups is 1. The van der Waals surface area contributed by atoms with Gasteiger partial charge in [-0.25, -0.2) is 4.98 Å². The van der Waals surface area contributed by atoms with Crippen LogP contribution in [0.5, 0.6) is 5.75 Å². The van der Waals surface area contributed by atoms with Crippen molar-refractivity contribution in [3.8, 4) is 28.3 Å². The van der Waals surface area contributed by atoms with Crippen molar-refractivity contribution in [1.82, 2.24) is 34.1 Å². The van der Waals surface area contributed by atoms with Crippen LogP contribution in [0.4, 0.5) is 5.69 Å². The minimum absolute atomic E-state index is 0.0573. The van der Waals surface area contributed by atoms with Crippen LogP contribution in [-0.4, -0.2) is 53.2 Å². The molecule has 5 heterocycles. The van der Waals surface area contributed by atoms with Gasteiger partial charge in [-0.1, -0.05) is 29.3 Å². The van der Waals surface area contributed by atoms with E-state index in [2.05, 4.69) is 45.6 Å². The van der Waals surface area contributed by atoms with Gasteiger partial charge in [0.15, 0.2) is 5.82 Å². The number of nitrogens with one attached hydrogen (secondary N) is 1. The highest BCUT2D eigenvalue weighted by Gasteiger charge is 2.37. The topological polar surface area (TPSA) is 98.8 Å². The summed E-state index contributed by atoms with van der Waals surface area (Å²) >= 11 is 13.5. The first kappa shape index (κ1) is 34.0. The van der Waals surface area contributed by atoms with Crippen molar-refractivity contribution >= 4 is 56.6 Å². The third-order valence-corrected chi connectivity index (χ3v) is 11.3. The van der Waals surface area contributed by atoms with Crippen LogP contribution in [0.15, 0.2) is 55.0 Å². The van der Waals surface area contributed by atoms with E-state index in [-0.39, 0.29) is 11.9 Å². The highest BCUT2D eigenvalue weighted by atomic mass is 35.5. The molecule has 7 aromatic rings. The quantitative estimate of drug-likeness (QED) is 0.157. The van der Waals surface area contributed by atoms with E-state index in [1.165, 1.54) is 0 Å². The number of halogens is 2. The summed E-state index contributed by atoms with van der Waals surface area (Å²) in [5.74, 6) is 1.36. The summed E-state index contributed by atoms with van der Waals surface area (Å²) in [7, 11) is 3.80. The van der Waals surface area contributed by atoms with Crippen molar-refractivity contribution in [3.63, 3.8) is 0 Å². The molecule has 0 spiro atoms. The van der Waals surface area contributed by atoms with Gasteiger partial charge >= 0.3 is 0 Å². The van der Waals surface area contributed by atoms with Gasteiger partial charge in [0, 0.05) is 76.6 Å². The number of amides is 1. The lowest BCUT2D eigenvalue weighted by Gasteiger charge is -2.34. The van der Waals surface area contributed by atoms with Gasteiger partial charge in [0.2, 0.25) is 0 Å². The number of carbonyl (C=O) groups excluding carboxylic acids is 1. The molecule has 3 aromatic carbocycles. The molecule has 4 aromatic heterocycles. The Hall–Kier alpha value is -5.06. The zero-order valence-corrected chi connectivity index (χ0v) is 31.8. The van der Waals surface area contributed by atoms with Gasteiger partial charge in [0.25, 0.3) is 5.91 Å². The molecule has 0 saturated heterocycles. The van der Waals surface area contributed by atoms with Crippen LogP contribution in [0.25, 0.3) is 44.3 Å². The summed E-state index contributed by atoms with van der Waals surface area (Å²) in [5.41, 5.74) is 11.0. The fourth-order valence-corrected chi connectivity index (χ4v) is 8.23. The molecule has 1 atom stereocenters. The Labute approximate surface area is 311 Å². The summed E-state index contributed by atoms with van der Waals surface area (Å²) in [6, 6.07) is 14.0. The van der Waals surface area contributed by atoms with E-state index in [1.54, 1.807) is 11.0 Å². The number of ether oxygens (including phenoxy) is 1. The number of aryl methyl sites for hydroxylation is 6. The molecule has 8 rings (SSSR count). The SMILES string of the molecule is Cc1cc(OCCCc2c3n(c4c(-c5c(C)nn(C)c5C)c(Cl)ccc24)C(C)CN(c2c[nH]c4ccc(-c5ncn(C)n5)cc24)C3=O)cc(C)c1Cl. The largest absolute Gasteiger partial charge is 0.494 e. The second-order valence-electron chi connectivity index (χ2n) is 13.9. The van der Waals surface area contributed by atoms with Crippen LogP contribution in [0.2, 0.25) is 10.0 Å². The molecule has 1 aliphatic rings. The van der Waals surface area contributed by atoms with E-state index in [0.29, 0.717) is 42.5 Å². The van der Waals surface area contributed by atoms with Crippen LogP contribution in [0.3, 0.4) is 0 Å². The molecule has 1 aliphatic heterocycles. The number of rotatable bonds is 8. The first-order chi connectivity index (χ1) is 24.9. The number of benzene rings is 3. The average Bonchev–Trinajstić information content (AvgIpc) is 3.87. The number of nitrogens with zero attached hydrogens (tertiary/aromatic N) is 7. The predicted molar refractivity (Wildman–Crippen MR) is 208 cm³/mol.